The van der Waals surface area contributed by atoms with E-state index >= 15 is 0 Å². The van der Waals surface area contributed by atoms with Gasteiger partial charge in [-0.3, -0.25) is 24.0 Å². The molecule has 0 radical (unpaired) electrons. The fourth-order valence-electron chi connectivity index (χ4n) is 14.6. The third-order valence-corrected chi connectivity index (χ3v) is 32.1. The number of rotatable bonds is 21. The number of nitrogens with two attached hydrogens (primary N) is 5. The quantitative estimate of drug-likeness (QED) is 0.0337. The van der Waals surface area contributed by atoms with Crippen LogP contribution in [0.5, 0.6) is 28.9 Å². The molecule has 149 heavy (non-hydrogen) atoms. The number of halogens is 8. The Morgan fingerprint density at radius 1 is 0.329 bits per heavy atom. The number of guanidine groups is 5. The largest absolute Gasteiger partial charge is 0.495 e. The molecule has 0 saturated carbocycles. The van der Waals surface area contributed by atoms with E-state index in [2.05, 4.69) is 100 Å². The molecule has 0 bridgehead atoms. The van der Waals surface area contributed by atoms with Crippen LogP contribution in [-0.2, 0) is 77.8 Å². The number of aliphatic imine (C=N–C) groups is 5. The number of hydrogen-bond acceptors (Lipinski definition) is 36. The number of ether oxygens (including phenoxy) is 5. The van der Waals surface area contributed by atoms with Gasteiger partial charge in [0.1, 0.15) is 90.8 Å². The molecule has 0 fully saturated rings. The number of nitrogens with one attached hydrogen (secondary N) is 5. The first-order valence-corrected chi connectivity index (χ1v) is 50.1. The van der Waals surface area contributed by atoms with E-state index in [0.717, 1.165) is 91.5 Å². The van der Waals surface area contributed by atoms with Gasteiger partial charge in [-0.1, -0.05) is 0 Å². The topological polar surface area (TPSA) is 648 Å². The highest BCUT2D eigenvalue weighted by Gasteiger charge is 2.49. The summed E-state index contributed by atoms with van der Waals surface area (Å²) in [4.78, 5) is 105. The second kappa shape index (κ2) is 44.1. The van der Waals surface area contributed by atoms with Crippen molar-refractivity contribution in [2.45, 2.75) is 69.2 Å². The molecular weight excluding hydrogens is 2080 g/mol. The maximum absolute atomic E-state index is 14.8. The normalized spacial score (nSPS) is 22.3. The molecule has 0 aliphatic carbocycles. The number of sulfonamides is 5. The molecule has 0 unspecified atom stereocenters. The highest BCUT2D eigenvalue weighted by atomic mass is 32.2. The first kappa shape index (κ1) is 93.7. The summed E-state index contributed by atoms with van der Waals surface area (Å²) >= 11 is 0. The number of carbonyl (C=O) groups is 5. The Morgan fingerprint density at radius 3 is 0.832 bits per heavy atom. The number of methoxy groups -OCH3 is 5. The summed E-state index contributed by atoms with van der Waals surface area (Å²) in [6.07, 6.45) is 6.31. The molecule has 10 aromatic rings. The SMILES string of the molecule is COc1ccc(C(=O)Nc2cc(F)c(F)c([C@]3(C)CS(=O)(=O)N(C)C(N)=N3)c2)nc1.[2H]C([2H])([2H])Oc1ccc(C(=O)Nc2cc(F)c(F)c([C@]3(C)CS(=O)(=O)N(C)C(N)=N3)c2)nc1.[2H]C([2H])([2H])Oc1ccc(C(=O)Nc2ccc(F)c([C@]3(C)CS(=O)(=O)N(C([2H])([2H])C)C(N)=N3)c2)nc1.[2H]C([2H])([2H])Oc1ccc(C(=O)Nc2ccc(F)c([C@]3(C)CS(=O)(=O)N(C)C(N)=N3)c2)nc1.[2H]C([2H])([2H])Oc1cnc(C(=O)Nc2cc(F)c(F)c([C@]3(C)CS(=O)(=O)N(C)C(N)=N3)c2)cn1. The number of anilines is 5. The molecule has 0 saturated heterocycles. The molecule has 15 rings (SSSR count). The molecule has 5 aliphatic heterocycles. The lowest BCUT2D eigenvalue weighted by Crippen LogP contribution is -2.52. The molecule has 5 amide bonds. The van der Waals surface area contributed by atoms with E-state index in [0.29, 0.717) is 22.2 Å². The molecule has 0 spiro atoms. The van der Waals surface area contributed by atoms with Crippen LogP contribution in [0, 0.1) is 46.5 Å². The first-order chi connectivity index (χ1) is 74.8. The summed E-state index contributed by atoms with van der Waals surface area (Å²) in [6.45, 7) is 5.26. The van der Waals surface area contributed by atoms with Crippen molar-refractivity contribution in [3.8, 4) is 28.9 Å². The molecule has 10 heterocycles. The zero-order chi connectivity index (χ0) is 122. The van der Waals surface area contributed by atoms with Gasteiger partial charge >= 0.3 is 0 Å². The molecule has 794 valence electrons. The van der Waals surface area contributed by atoms with Crippen LogP contribution in [0.25, 0.3) is 0 Å². The minimum atomic E-state index is -4.31. The van der Waals surface area contributed by atoms with E-state index in [1.807, 2.05) is 0 Å². The van der Waals surface area contributed by atoms with Gasteiger partial charge in [0.2, 0.25) is 85.8 Å². The van der Waals surface area contributed by atoms with Crippen LogP contribution in [-0.4, -0.2) is 252 Å². The number of benzene rings is 5. The van der Waals surface area contributed by atoms with Crippen LogP contribution in [0.3, 0.4) is 0 Å². The maximum Gasteiger partial charge on any atom is 0.275 e. The molecule has 5 aromatic carbocycles. The fraction of sp³-hybridized carbons (Fsp3) is 0.289. The Labute approximate surface area is 867 Å². The number of amides is 5. The van der Waals surface area contributed by atoms with Crippen molar-refractivity contribution in [1.29, 1.82) is 0 Å². The third-order valence-electron chi connectivity index (χ3n) is 22.4. The first-order valence-electron chi connectivity index (χ1n) is 49.1. The van der Waals surface area contributed by atoms with Crippen molar-refractivity contribution in [2.75, 3.05) is 125 Å². The van der Waals surface area contributed by atoms with E-state index in [1.165, 1.54) is 149 Å². The Kier molecular flexibility index (Phi) is 27.8. The number of carbonyl (C=O) groups excluding carboxylic acids is 5. The van der Waals surface area contributed by atoms with Gasteiger partial charge in [-0.25, -0.2) is 154 Å². The van der Waals surface area contributed by atoms with Crippen LogP contribution in [0.4, 0.5) is 63.6 Å². The lowest BCUT2D eigenvalue weighted by Gasteiger charge is -2.36. The Morgan fingerprint density at radius 2 is 0.584 bits per heavy atom. The minimum Gasteiger partial charge on any atom is -0.495 e. The van der Waals surface area contributed by atoms with E-state index in [-0.39, 0.29) is 109 Å². The van der Waals surface area contributed by atoms with E-state index in [1.54, 1.807) is 0 Å². The van der Waals surface area contributed by atoms with Crippen molar-refractivity contribution < 1.29 is 144 Å². The van der Waals surface area contributed by atoms with E-state index in [9.17, 15) is 101 Å². The summed E-state index contributed by atoms with van der Waals surface area (Å²) in [5, 5.41) is 12.1. The predicted molar refractivity (Wildman–Crippen MR) is 531 cm³/mol. The van der Waals surface area contributed by atoms with E-state index < -0.39 is 246 Å². The molecule has 5 atom stereocenters. The lowest BCUT2D eigenvalue weighted by atomic mass is 9.93. The number of aromatic nitrogens is 6. The predicted octanol–water partition coefficient (Wildman–Crippen LogP) is 6.64. The maximum atomic E-state index is 14.8. The van der Waals surface area contributed by atoms with Crippen LogP contribution in [0.1, 0.15) is 141 Å². The highest BCUT2D eigenvalue weighted by molar-refractivity contribution is 7.91. The lowest BCUT2D eigenvalue weighted by molar-refractivity contribution is 0.101. The zero-order valence-corrected chi connectivity index (χ0v) is 83.4. The minimum absolute atomic E-state index is 0.0115. The molecule has 59 heteroatoms. The summed E-state index contributed by atoms with van der Waals surface area (Å²) in [5.41, 5.74) is 17.7. The second-order valence-corrected chi connectivity index (χ2v) is 43.2. The van der Waals surface area contributed by atoms with Gasteiger partial charge in [0.25, 0.3) is 29.5 Å². The molecular formula is C90H98F8N26O20S5. The fourth-order valence-corrected chi connectivity index (χ4v) is 22.1. The van der Waals surface area contributed by atoms with Crippen LogP contribution in [0.15, 0.2) is 183 Å². The van der Waals surface area contributed by atoms with Crippen molar-refractivity contribution >= 4 is 138 Å². The van der Waals surface area contributed by atoms with Crippen LogP contribution >= 0.6 is 0 Å². The van der Waals surface area contributed by atoms with Gasteiger partial charge in [-0.2, -0.15) is 0 Å². The van der Waals surface area contributed by atoms with Crippen molar-refractivity contribution in [3.63, 3.8) is 0 Å². The van der Waals surface area contributed by atoms with Gasteiger partial charge < -0.3 is 78.9 Å². The molecule has 46 nitrogen and oxygen atoms in total. The standard InChI is InChI=1S/C19H22FN5O4S.2C18H19F2N5O4S.C18H20FN5O4S.C17H18F2N6O4S/c1-4-25-18(21)24-19(2,11-30(25,27)28)14-9-12(5-7-15(14)20)23-17(26)16-8-6-13(29-3)10-22-16;2*1-18(9-30(27,28)25(2)17(21)24-18)12-6-10(7-13(19)15(12)20)23-16(26)14-5-4-11(29-3)8-22-14;1-18(10-29(26,27)24(2)17(20)23-18)13-8-11(4-6-14(13)19)22-16(25)15-7-5-12(28-3)9-21-15;1-17(8-30(27,28)25(2)16(20)24-17)10-4-9(5-11(18)14(10)19)23-15(26)12-6-22-13(29-3)7-21-12/h5-10H,4,11H2,1-3H3,(H2,21,24)(H,23,26);2*4-8H,9H2,1-3H3,(H2,21,24)(H,23,26);4-9H,10H2,1-3H3,(H2,20,23)(H,22,25);4-7H,8H2,1-3H3,(H2,20,24)(H,23,26)/t19-;3*18-;17-/m00000/s1/i3D3,4D2;3D3;;2*3D3. The second-order valence-electron chi connectivity index (χ2n) is 33.3. The summed E-state index contributed by atoms with van der Waals surface area (Å²) < 4.78 is 368. The van der Waals surface area contributed by atoms with Crippen LogP contribution < -0.4 is 78.9 Å². The number of pyridine rings is 4. The Balaban J connectivity index is 0.000000191. The van der Waals surface area contributed by atoms with Gasteiger partial charge in [0.15, 0.2) is 34.9 Å². The molecule has 15 N–H and O–H groups in total. The highest BCUT2D eigenvalue weighted by Crippen LogP contribution is 2.43. The average molecular weight is 2190 g/mol. The molecule has 5 aliphatic rings. The van der Waals surface area contributed by atoms with Crippen molar-refractivity contribution in [3.05, 3.63) is 261 Å². The zero-order valence-electron chi connectivity index (χ0n) is 93.3. The van der Waals surface area contributed by atoms with Gasteiger partial charge in [-0.15, -0.1) is 0 Å². The number of nitrogens with zero attached hydrogens (tertiary/aromatic N) is 16. The third kappa shape index (κ3) is 25.5. The van der Waals surface area contributed by atoms with E-state index in [4.69, 9.17) is 52.6 Å². The summed E-state index contributed by atoms with van der Waals surface area (Å²) in [6, 6.07) is 22.8. The van der Waals surface area contributed by atoms with Gasteiger partial charge in [0, 0.05) is 109 Å². The smallest absolute Gasteiger partial charge is 0.275 e. The summed E-state index contributed by atoms with van der Waals surface area (Å²) in [5.74, 6) is -18.8. The van der Waals surface area contributed by atoms with Gasteiger partial charge in [0.05, 0.1) is 120 Å². The van der Waals surface area contributed by atoms with Gasteiger partial charge in [-0.05, 0) is 145 Å². The van der Waals surface area contributed by atoms with Crippen molar-refractivity contribution in [1.82, 2.24) is 51.4 Å². The number of hydrogen-bond donors (Lipinski definition) is 10. The molecule has 5 aromatic heterocycles. The average Bonchev–Trinajstić information content (AvgIpc) is 0.736. The Bertz CT molecular complexity index is 8110. The Hall–Kier alpha value is -16.3. The monoisotopic (exact) mass is 2190 g/mol. The summed E-state index contributed by atoms with van der Waals surface area (Å²) in [7, 11) is -24.5. The van der Waals surface area contributed by atoms with Crippen molar-refractivity contribution in [2.24, 2.45) is 53.6 Å². The van der Waals surface area contributed by atoms with Crippen LogP contribution in [0.2, 0.25) is 0 Å².